The predicted octanol–water partition coefficient (Wildman–Crippen LogP) is 2.60. The van der Waals surface area contributed by atoms with Gasteiger partial charge in [-0.15, -0.1) is 0 Å². The van der Waals surface area contributed by atoms with Gasteiger partial charge in [0.1, 0.15) is 12.4 Å². The second-order valence-corrected chi connectivity index (χ2v) is 8.87. The zero-order valence-electron chi connectivity index (χ0n) is 19.1. The van der Waals surface area contributed by atoms with Crippen molar-refractivity contribution in [3.8, 4) is 5.75 Å². The van der Waals surface area contributed by atoms with Gasteiger partial charge in [-0.3, -0.25) is 19.3 Å². The molecule has 35 heavy (non-hydrogen) atoms. The SMILES string of the molecule is O=C(O)CC(O)(CC(=O)O)C(=O)O.O=C(c1ccc(OCCN2CCCCC2)cc1)c1ccsc1. The van der Waals surface area contributed by atoms with Crippen molar-refractivity contribution < 1.29 is 44.3 Å². The number of aliphatic hydroxyl groups is 1. The monoisotopic (exact) mass is 507 g/mol. The number of carbonyl (C=O) groups is 4. The summed E-state index contributed by atoms with van der Waals surface area (Å²) in [4.78, 5) is 45.1. The third-order valence-corrected chi connectivity index (χ3v) is 5.99. The number of hydrogen-bond donors (Lipinski definition) is 4. The fourth-order valence-electron chi connectivity index (χ4n) is 3.45. The van der Waals surface area contributed by atoms with E-state index in [4.69, 9.17) is 25.2 Å². The molecule has 0 saturated carbocycles. The molecule has 11 heteroatoms. The van der Waals surface area contributed by atoms with Crippen molar-refractivity contribution in [2.75, 3.05) is 26.2 Å². The summed E-state index contributed by atoms with van der Waals surface area (Å²) in [6, 6.07) is 9.31. The maximum atomic E-state index is 12.2. The van der Waals surface area contributed by atoms with Crippen LogP contribution < -0.4 is 4.74 Å². The number of benzene rings is 1. The van der Waals surface area contributed by atoms with Gasteiger partial charge >= 0.3 is 17.9 Å². The van der Waals surface area contributed by atoms with E-state index in [2.05, 4.69) is 4.90 Å². The molecule has 0 spiro atoms. The van der Waals surface area contributed by atoms with E-state index < -0.39 is 36.4 Å². The molecular formula is C24H29NO9S. The predicted molar refractivity (Wildman–Crippen MR) is 127 cm³/mol. The number of ether oxygens (including phenoxy) is 1. The minimum Gasteiger partial charge on any atom is -0.492 e. The molecule has 0 radical (unpaired) electrons. The lowest BCUT2D eigenvalue weighted by molar-refractivity contribution is -0.170. The Balaban J connectivity index is 0.000000287. The van der Waals surface area contributed by atoms with Gasteiger partial charge in [-0.1, -0.05) is 6.42 Å². The number of hydrogen-bond acceptors (Lipinski definition) is 8. The topological polar surface area (TPSA) is 162 Å². The first-order valence-electron chi connectivity index (χ1n) is 11.0. The summed E-state index contributed by atoms with van der Waals surface area (Å²) in [6.07, 6.45) is 1.68. The lowest BCUT2D eigenvalue weighted by atomic mass is 9.96. The molecule has 10 nitrogen and oxygen atoms in total. The highest BCUT2D eigenvalue weighted by Crippen LogP contribution is 2.18. The summed E-state index contributed by atoms with van der Waals surface area (Å²) in [5, 5.41) is 37.6. The van der Waals surface area contributed by atoms with Gasteiger partial charge in [0, 0.05) is 23.1 Å². The standard InChI is InChI=1S/C18H21NO2S.C6H8O7/c20-18(16-8-13-22-14-16)15-4-6-17(7-5-15)21-12-11-19-9-2-1-3-10-19;7-3(8)1-6(13,5(11)12)2-4(9)10/h4-8,13-14H,1-3,9-12H2;13H,1-2H2,(H,7,8)(H,9,10)(H,11,12). The Labute approximate surface area is 206 Å². The number of nitrogens with zero attached hydrogens (tertiary/aromatic N) is 1. The summed E-state index contributed by atoms with van der Waals surface area (Å²) in [5.74, 6) is -4.12. The highest BCUT2D eigenvalue weighted by Gasteiger charge is 2.40. The van der Waals surface area contributed by atoms with E-state index in [0.717, 1.165) is 17.9 Å². The largest absolute Gasteiger partial charge is 0.492 e. The van der Waals surface area contributed by atoms with Crippen LogP contribution in [0.25, 0.3) is 0 Å². The van der Waals surface area contributed by atoms with E-state index in [0.29, 0.717) is 12.2 Å². The quantitative estimate of drug-likeness (QED) is 0.333. The van der Waals surface area contributed by atoms with Gasteiger partial charge < -0.3 is 25.2 Å². The van der Waals surface area contributed by atoms with Gasteiger partial charge in [-0.2, -0.15) is 11.3 Å². The van der Waals surface area contributed by atoms with Gasteiger partial charge in [0.05, 0.1) is 12.8 Å². The summed E-state index contributed by atoms with van der Waals surface area (Å²) in [5.41, 5.74) is -1.27. The zero-order valence-corrected chi connectivity index (χ0v) is 19.9. The highest BCUT2D eigenvalue weighted by atomic mass is 32.1. The molecule has 1 aromatic heterocycles. The van der Waals surface area contributed by atoms with Gasteiger partial charge in [0.2, 0.25) is 0 Å². The van der Waals surface area contributed by atoms with E-state index in [1.165, 1.54) is 32.4 Å². The number of likely N-dealkylation sites (tertiary alicyclic amines) is 1. The summed E-state index contributed by atoms with van der Waals surface area (Å²) in [6.45, 7) is 4.07. The fourth-order valence-corrected chi connectivity index (χ4v) is 4.09. The maximum Gasteiger partial charge on any atom is 0.336 e. The fraction of sp³-hybridized carbons (Fsp3) is 0.417. The van der Waals surface area contributed by atoms with Gasteiger partial charge in [0.25, 0.3) is 0 Å². The van der Waals surface area contributed by atoms with E-state index >= 15 is 0 Å². The van der Waals surface area contributed by atoms with Crippen LogP contribution in [-0.4, -0.2) is 80.9 Å². The molecule has 0 bridgehead atoms. The van der Waals surface area contributed by atoms with E-state index in [-0.39, 0.29) is 5.78 Å². The Hall–Kier alpha value is -3.28. The third kappa shape index (κ3) is 9.47. The number of carbonyl (C=O) groups excluding carboxylic acids is 1. The van der Waals surface area contributed by atoms with Crippen LogP contribution in [0.4, 0.5) is 0 Å². The second-order valence-electron chi connectivity index (χ2n) is 8.09. The van der Waals surface area contributed by atoms with Crippen LogP contribution in [0, 0.1) is 0 Å². The molecule has 1 fully saturated rings. The summed E-state index contributed by atoms with van der Waals surface area (Å²) < 4.78 is 5.78. The number of rotatable bonds is 11. The molecule has 2 aromatic rings. The van der Waals surface area contributed by atoms with E-state index in [1.54, 1.807) is 11.3 Å². The van der Waals surface area contributed by atoms with Gasteiger partial charge in [0.15, 0.2) is 11.4 Å². The smallest absolute Gasteiger partial charge is 0.336 e. The average Bonchev–Trinajstić information content (AvgIpc) is 3.34. The Morgan fingerprint density at radius 3 is 1.97 bits per heavy atom. The maximum absolute atomic E-state index is 12.2. The molecule has 1 aromatic carbocycles. The van der Waals surface area contributed by atoms with Crippen LogP contribution in [-0.2, 0) is 14.4 Å². The molecule has 1 aliphatic rings. The molecule has 1 saturated heterocycles. The molecule has 2 heterocycles. The van der Waals surface area contributed by atoms with Crippen LogP contribution >= 0.6 is 11.3 Å². The molecular weight excluding hydrogens is 478 g/mol. The molecule has 3 rings (SSSR count). The lowest BCUT2D eigenvalue weighted by Gasteiger charge is -2.26. The van der Waals surface area contributed by atoms with Crippen LogP contribution in [0.15, 0.2) is 41.1 Å². The Morgan fingerprint density at radius 2 is 1.49 bits per heavy atom. The molecule has 0 aliphatic carbocycles. The van der Waals surface area contributed by atoms with Crippen molar-refractivity contribution in [3.63, 3.8) is 0 Å². The summed E-state index contributed by atoms with van der Waals surface area (Å²) in [7, 11) is 0. The Morgan fingerprint density at radius 1 is 0.886 bits per heavy atom. The molecule has 190 valence electrons. The normalized spacial score (nSPS) is 13.9. The zero-order chi connectivity index (χ0) is 25.8. The van der Waals surface area contributed by atoms with Crippen LogP contribution in [0.2, 0.25) is 0 Å². The van der Waals surface area contributed by atoms with Crippen molar-refractivity contribution in [3.05, 3.63) is 52.2 Å². The molecule has 0 unspecified atom stereocenters. The van der Waals surface area contributed by atoms with Crippen LogP contribution in [0.5, 0.6) is 5.75 Å². The average molecular weight is 508 g/mol. The second kappa shape index (κ2) is 13.6. The molecule has 4 N–H and O–H groups in total. The van der Waals surface area contributed by atoms with E-state index in [1.807, 2.05) is 41.1 Å². The highest BCUT2D eigenvalue weighted by molar-refractivity contribution is 7.08. The van der Waals surface area contributed by atoms with Crippen molar-refractivity contribution >= 4 is 35.0 Å². The molecule has 0 atom stereocenters. The number of thiophene rings is 1. The Bertz CT molecular complexity index is 967. The lowest BCUT2D eigenvalue weighted by Crippen LogP contribution is -2.42. The van der Waals surface area contributed by atoms with Crippen molar-refractivity contribution in [2.24, 2.45) is 0 Å². The molecule has 1 aliphatic heterocycles. The van der Waals surface area contributed by atoms with E-state index in [9.17, 15) is 19.2 Å². The van der Waals surface area contributed by atoms with Crippen molar-refractivity contribution in [1.29, 1.82) is 0 Å². The number of carboxylic acid groups (broad SMARTS) is 3. The Kier molecular flexibility index (Phi) is 10.8. The number of carboxylic acids is 3. The summed E-state index contributed by atoms with van der Waals surface area (Å²) >= 11 is 1.54. The number of ketones is 1. The van der Waals surface area contributed by atoms with Crippen LogP contribution in [0.3, 0.4) is 0 Å². The third-order valence-electron chi connectivity index (χ3n) is 5.31. The number of piperidine rings is 1. The van der Waals surface area contributed by atoms with Crippen LogP contribution in [0.1, 0.15) is 48.0 Å². The molecule has 0 amide bonds. The van der Waals surface area contributed by atoms with Crippen molar-refractivity contribution in [1.82, 2.24) is 4.90 Å². The minimum atomic E-state index is -2.74. The first-order chi connectivity index (χ1) is 16.6. The van der Waals surface area contributed by atoms with Gasteiger partial charge in [-0.05, 0) is 61.6 Å². The number of aliphatic carboxylic acids is 3. The first kappa shape index (κ1) is 28.0. The minimum absolute atomic E-state index is 0.0705. The van der Waals surface area contributed by atoms with Crippen molar-refractivity contribution in [2.45, 2.75) is 37.7 Å². The van der Waals surface area contributed by atoms with Gasteiger partial charge in [-0.25, -0.2) is 4.79 Å². The first-order valence-corrected chi connectivity index (χ1v) is 12.0.